The van der Waals surface area contributed by atoms with Crippen molar-refractivity contribution in [1.82, 2.24) is 19.1 Å². The monoisotopic (exact) mass is 430 g/mol. The van der Waals surface area contributed by atoms with E-state index in [4.69, 9.17) is 4.74 Å². The second-order valence-electron chi connectivity index (χ2n) is 6.74. The summed E-state index contributed by atoms with van der Waals surface area (Å²) >= 11 is 1.84. The second kappa shape index (κ2) is 12.3. The molecular formula is C22H30N4O3S. The van der Waals surface area contributed by atoms with Crippen molar-refractivity contribution in [3.05, 3.63) is 43.1 Å². The van der Waals surface area contributed by atoms with Gasteiger partial charge in [0.25, 0.3) is 0 Å². The van der Waals surface area contributed by atoms with Crippen LogP contribution in [0.3, 0.4) is 0 Å². The van der Waals surface area contributed by atoms with Gasteiger partial charge in [-0.15, -0.1) is 0 Å². The molecule has 1 aromatic carbocycles. The number of aromatic nitrogens is 1. The predicted octanol–water partition coefficient (Wildman–Crippen LogP) is 2.72. The summed E-state index contributed by atoms with van der Waals surface area (Å²) in [7, 11) is 3.85. The summed E-state index contributed by atoms with van der Waals surface area (Å²) in [5.41, 5.74) is 0. The topological polar surface area (TPSA) is 66.0 Å². The van der Waals surface area contributed by atoms with Gasteiger partial charge in [0.15, 0.2) is 0 Å². The van der Waals surface area contributed by atoms with Gasteiger partial charge in [-0.25, -0.2) is 9.29 Å². The third-order valence-electron chi connectivity index (χ3n) is 4.78. The molecule has 1 aliphatic rings. The van der Waals surface area contributed by atoms with Gasteiger partial charge in [0.05, 0.1) is 13.7 Å². The minimum absolute atomic E-state index is 0.154. The molecule has 0 saturated carbocycles. The molecule has 162 valence electrons. The summed E-state index contributed by atoms with van der Waals surface area (Å²) in [5, 5.41) is 2.29. The molecule has 0 atom stereocenters. The maximum absolute atomic E-state index is 10.8. The molecule has 0 radical (unpaired) electrons. The Bertz CT molecular complexity index is 853. The number of benzene rings is 1. The second-order valence-corrected chi connectivity index (χ2v) is 7.88. The van der Waals surface area contributed by atoms with Crippen LogP contribution >= 0.6 is 11.9 Å². The summed E-state index contributed by atoms with van der Waals surface area (Å²) in [6, 6.07) is 8.38. The zero-order valence-electron chi connectivity index (χ0n) is 17.9. The first-order chi connectivity index (χ1) is 14.5. The Balaban J connectivity index is 0.000000274. The van der Waals surface area contributed by atoms with Crippen molar-refractivity contribution in [2.75, 3.05) is 53.4 Å². The molecule has 0 bridgehead atoms. The molecule has 3 rings (SSSR count). The van der Waals surface area contributed by atoms with Crippen LogP contribution in [0.4, 0.5) is 0 Å². The van der Waals surface area contributed by atoms with E-state index in [1.165, 1.54) is 21.3 Å². The van der Waals surface area contributed by atoms with Gasteiger partial charge >= 0.3 is 0 Å². The Labute approximate surface area is 182 Å². The Kier molecular flexibility index (Phi) is 9.79. The van der Waals surface area contributed by atoms with Crippen LogP contribution in [0.5, 0.6) is 5.88 Å². The molecule has 1 fully saturated rings. The molecular weight excluding hydrogens is 400 g/mol. The van der Waals surface area contributed by atoms with E-state index in [1.54, 1.807) is 7.11 Å². The third kappa shape index (κ3) is 6.55. The van der Waals surface area contributed by atoms with Gasteiger partial charge in [-0.2, -0.15) is 0 Å². The summed E-state index contributed by atoms with van der Waals surface area (Å²) in [4.78, 5) is 30.1. The number of rotatable bonds is 7. The molecule has 30 heavy (non-hydrogen) atoms. The minimum Gasteiger partial charge on any atom is -0.481 e. The van der Waals surface area contributed by atoms with Crippen molar-refractivity contribution < 1.29 is 14.3 Å². The molecule has 0 aliphatic carbocycles. The molecule has 1 amide bonds. The fourth-order valence-corrected chi connectivity index (χ4v) is 4.05. The van der Waals surface area contributed by atoms with Crippen molar-refractivity contribution in [2.45, 2.75) is 11.8 Å². The van der Waals surface area contributed by atoms with Crippen molar-refractivity contribution in [2.24, 2.45) is 0 Å². The highest BCUT2D eigenvalue weighted by molar-refractivity contribution is 7.97. The van der Waals surface area contributed by atoms with Crippen LogP contribution in [0, 0.1) is 0 Å². The number of methoxy groups -OCH3 is 1. The molecule has 0 N–H and O–H groups in total. The lowest BCUT2D eigenvalue weighted by atomic mass is 10.2. The molecule has 1 aliphatic heterocycles. The molecule has 8 heteroatoms. The van der Waals surface area contributed by atoms with Gasteiger partial charge in [-0.05, 0) is 50.2 Å². The van der Waals surface area contributed by atoms with Crippen LogP contribution in [-0.2, 0) is 9.59 Å². The van der Waals surface area contributed by atoms with Gasteiger partial charge in [0.2, 0.25) is 11.8 Å². The highest BCUT2D eigenvalue weighted by Gasteiger charge is 2.16. The summed E-state index contributed by atoms with van der Waals surface area (Å²) in [5.74, 6) is 0.498. The Morgan fingerprint density at radius 1 is 1.27 bits per heavy atom. The maximum atomic E-state index is 10.8. The van der Waals surface area contributed by atoms with Crippen LogP contribution < -0.4 is 4.74 Å². The largest absolute Gasteiger partial charge is 0.481 e. The zero-order valence-corrected chi connectivity index (χ0v) is 18.7. The smallest absolute Gasteiger partial charge is 0.246 e. The van der Waals surface area contributed by atoms with Gasteiger partial charge in [0, 0.05) is 54.6 Å². The van der Waals surface area contributed by atoms with Crippen LogP contribution in [0.15, 0.2) is 48.0 Å². The number of hydrogen-bond donors (Lipinski definition) is 0. The van der Waals surface area contributed by atoms with Crippen molar-refractivity contribution in [3.63, 3.8) is 0 Å². The number of nitrogens with zero attached hydrogens (tertiary/aromatic N) is 4. The first-order valence-electron chi connectivity index (χ1n) is 9.92. The van der Waals surface area contributed by atoms with E-state index in [2.05, 4.69) is 52.1 Å². The molecule has 2 heterocycles. The van der Waals surface area contributed by atoms with E-state index >= 15 is 0 Å². The van der Waals surface area contributed by atoms with Crippen molar-refractivity contribution >= 4 is 34.9 Å². The average molecular weight is 431 g/mol. The fraction of sp³-hybridized carbons (Fsp3) is 0.409. The number of hydrogen-bond acceptors (Lipinski definition) is 7. The normalized spacial score (nSPS) is 14.5. The lowest BCUT2D eigenvalue weighted by Crippen LogP contribution is -2.40. The molecule has 2 aromatic rings. The standard InChI is InChI=1S/C15H19N3OS.C7H11NO2/c1-17-8-10-18(11-9-17)20-14-5-3-4-13-12(14)6-7-16-15(13)19-2;1-3-7(10)8(4-2)5-6-9/h3-7H,8-11H2,1-2H3;3,6H,1,4-5H2,2H3. The first kappa shape index (κ1) is 23.9. The van der Waals surface area contributed by atoms with E-state index in [0.717, 1.165) is 31.6 Å². The summed E-state index contributed by atoms with van der Waals surface area (Å²) in [6.07, 6.45) is 3.72. The Hall–Kier alpha value is -2.42. The van der Waals surface area contributed by atoms with E-state index < -0.39 is 0 Å². The highest BCUT2D eigenvalue weighted by Crippen LogP contribution is 2.33. The van der Waals surface area contributed by atoms with Crippen molar-refractivity contribution in [1.29, 1.82) is 0 Å². The van der Waals surface area contributed by atoms with Gasteiger partial charge in [-0.3, -0.25) is 4.79 Å². The van der Waals surface area contributed by atoms with Crippen molar-refractivity contribution in [3.8, 4) is 5.88 Å². The molecule has 7 nitrogen and oxygen atoms in total. The van der Waals surface area contributed by atoms with Crippen LogP contribution in [0.1, 0.15) is 6.92 Å². The van der Waals surface area contributed by atoms with E-state index in [-0.39, 0.29) is 12.5 Å². The van der Waals surface area contributed by atoms with Gasteiger partial charge < -0.3 is 19.3 Å². The Morgan fingerprint density at radius 3 is 2.60 bits per heavy atom. The van der Waals surface area contributed by atoms with Gasteiger partial charge in [-0.1, -0.05) is 12.6 Å². The lowest BCUT2D eigenvalue weighted by Gasteiger charge is -2.31. The van der Waals surface area contributed by atoms with Crippen LogP contribution in [-0.4, -0.2) is 84.7 Å². The molecule has 1 saturated heterocycles. The maximum Gasteiger partial charge on any atom is 0.246 e. The zero-order chi connectivity index (χ0) is 21.9. The summed E-state index contributed by atoms with van der Waals surface area (Å²) < 4.78 is 7.78. The third-order valence-corrected chi connectivity index (χ3v) is 5.95. The van der Waals surface area contributed by atoms with Crippen LogP contribution in [0.25, 0.3) is 10.8 Å². The number of ether oxygens (including phenoxy) is 1. The lowest BCUT2D eigenvalue weighted by molar-refractivity contribution is -0.128. The molecule has 1 aromatic heterocycles. The molecule has 0 unspecified atom stereocenters. The number of fused-ring (bicyclic) bond motifs is 1. The minimum atomic E-state index is -0.199. The number of carbonyl (C=O) groups excluding carboxylic acids is 2. The Morgan fingerprint density at radius 2 is 2.00 bits per heavy atom. The fourth-order valence-electron chi connectivity index (χ4n) is 3.01. The number of amides is 1. The molecule has 0 spiro atoms. The number of piperazine rings is 1. The number of carbonyl (C=O) groups is 2. The van der Waals surface area contributed by atoms with E-state index in [1.807, 2.05) is 25.1 Å². The van der Waals surface area contributed by atoms with Crippen LogP contribution in [0.2, 0.25) is 0 Å². The van der Waals surface area contributed by atoms with E-state index in [9.17, 15) is 9.59 Å². The SMILES string of the molecule is C=CC(=O)N(CC)CC=O.COc1nccc2c(SN3CCN(C)CC3)cccc12. The highest BCUT2D eigenvalue weighted by atomic mass is 32.2. The average Bonchev–Trinajstić information content (AvgIpc) is 2.78. The number of aldehydes is 1. The summed E-state index contributed by atoms with van der Waals surface area (Å²) in [6.45, 7) is 10.3. The first-order valence-corrected chi connectivity index (χ1v) is 10.7. The van der Waals surface area contributed by atoms with Gasteiger partial charge in [0.1, 0.15) is 6.29 Å². The number of likely N-dealkylation sites (N-methyl/N-ethyl adjacent to an activating group) is 2. The van der Waals surface area contributed by atoms with E-state index in [0.29, 0.717) is 18.7 Å². The quantitative estimate of drug-likeness (QED) is 0.380. The number of pyridine rings is 1. The predicted molar refractivity (Wildman–Crippen MR) is 122 cm³/mol.